The molecule has 3 aromatic rings. The molecule has 0 aliphatic carbocycles. The third-order valence-electron chi connectivity index (χ3n) is 4.64. The molecule has 0 saturated heterocycles. The summed E-state index contributed by atoms with van der Waals surface area (Å²) in [5, 5.41) is 11.7. The van der Waals surface area contributed by atoms with Crippen molar-refractivity contribution in [3.05, 3.63) is 83.9 Å². The first kappa shape index (κ1) is 24.6. The van der Waals surface area contributed by atoms with Crippen LogP contribution in [-0.2, 0) is 10.0 Å². The number of halogens is 3. The Bertz CT molecular complexity index is 1320. The molecule has 34 heavy (non-hydrogen) atoms. The average molecular weight is 489 g/mol. The Kier molecular flexibility index (Phi) is 7.12. The number of ether oxygens (including phenoxy) is 1. The highest BCUT2D eigenvalue weighted by molar-refractivity contribution is 7.92. The third-order valence-corrected chi connectivity index (χ3v) is 6.44. The number of nitriles is 1. The van der Waals surface area contributed by atoms with Gasteiger partial charge in [0, 0.05) is 18.3 Å². The van der Waals surface area contributed by atoms with Gasteiger partial charge in [-0.3, -0.25) is 9.10 Å². The van der Waals surface area contributed by atoms with Gasteiger partial charge in [-0.2, -0.15) is 18.4 Å². The van der Waals surface area contributed by atoms with Gasteiger partial charge in [-0.15, -0.1) is 0 Å². The van der Waals surface area contributed by atoms with Crippen molar-refractivity contribution in [2.45, 2.75) is 11.1 Å². The van der Waals surface area contributed by atoms with E-state index < -0.39 is 28.7 Å². The maximum Gasteiger partial charge on any atom is 0.422 e. The van der Waals surface area contributed by atoms with Crippen LogP contribution >= 0.6 is 0 Å². The predicted molar refractivity (Wildman–Crippen MR) is 119 cm³/mol. The highest BCUT2D eigenvalue weighted by atomic mass is 32.2. The average Bonchev–Trinajstić information content (AvgIpc) is 2.82. The van der Waals surface area contributed by atoms with Crippen LogP contribution in [0.25, 0.3) is 0 Å². The second-order valence-corrected chi connectivity index (χ2v) is 8.98. The van der Waals surface area contributed by atoms with Crippen LogP contribution in [0.4, 0.5) is 24.5 Å². The number of carbonyl (C=O) groups excluding carboxylic acids is 1. The minimum atomic E-state index is -4.56. The first-order valence-corrected chi connectivity index (χ1v) is 11.1. The smallest absolute Gasteiger partial charge is 0.422 e. The van der Waals surface area contributed by atoms with Gasteiger partial charge in [-0.25, -0.2) is 8.42 Å². The van der Waals surface area contributed by atoms with E-state index in [1.807, 2.05) is 0 Å². The van der Waals surface area contributed by atoms with Gasteiger partial charge in [0.05, 0.1) is 16.1 Å². The van der Waals surface area contributed by atoms with Gasteiger partial charge in [0.15, 0.2) is 6.61 Å². The quantitative estimate of drug-likeness (QED) is 0.524. The molecular formula is C23H18F3N3O4S. The van der Waals surface area contributed by atoms with Crippen LogP contribution < -0.4 is 14.4 Å². The fourth-order valence-electron chi connectivity index (χ4n) is 2.90. The summed E-state index contributed by atoms with van der Waals surface area (Å²) in [7, 11) is -2.43. The Hall–Kier alpha value is -4.04. The molecule has 3 rings (SSSR count). The van der Waals surface area contributed by atoms with E-state index in [-0.39, 0.29) is 27.5 Å². The van der Waals surface area contributed by atoms with E-state index in [0.29, 0.717) is 5.69 Å². The molecule has 0 unspecified atom stereocenters. The number of anilines is 2. The molecule has 1 N–H and O–H groups in total. The molecule has 0 aliphatic rings. The zero-order valence-electron chi connectivity index (χ0n) is 17.7. The number of sulfonamides is 1. The highest BCUT2D eigenvalue weighted by Crippen LogP contribution is 2.26. The molecule has 0 heterocycles. The Morgan fingerprint density at radius 2 is 1.71 bits per heavy atom. The summed E-state index contributed by atoms with van der Waals surface area (Å²) in [5.41, 5.74) is 0.575. The molecule has 1 amide bonds. The lowest BCUT2D eigenvalue weighted by atomic mass is 10.1. The van der Waals surface area contributed by atoms with Crippen LogP contribution in [0.5, 0.6) is 5.75 Å². The minimum absolute atomic E-state index is 0.0201. The van der Waals surface area contributed by atoms with Gasteiger partial charge in [0.2, 0.25) is 0 Å². The van der Waals surface area contributed by atoms with Crippen molar-refractivity contribution in [2.75, 3.05) is 23.3 Å². The van der Waals surface area contributed by atoms with Crippen LogP contribution in [-0.4, -0.2) is 34.2 Å². The maximum absolute atomic E-state index is 12.8. The van der Waals surface area contributed by atoms with Gasteiger partial charge in [-0.05, 0) is 54.6 Å². The Morgan fingerprint density at radius 1 is 1.06 bits per heavy atom. The number of benzene rings is 3. The molecule has 7 nitrogen and oxygen atoms in total. The predicted octanol–water partition coefficient (Wildman–Crippen LogP) is 4.58. The van der Waals surface area contributed by atoms with Crippen LogP contribution in [0.1, 0.15) is 15.9 Å². The molecule has 11 heteroatoms. The lowest BCUT2D eigenvalue weighted by molar-refractivity contribution is -0.153. The summed E-state index contributed by atoms with van der Waals surface area (Å²) in [6, 6.07) is 19.0. The van der Waals surface area contributed by atoms with Gasteiger partial charge < -0.3 is 10.1 Å². The summed E-state index contributed by atoms with van der Waals surface area (Å²) >= 11 is 0. The zero-order chi connectivity index (χ0) is 24.9. The molecule has 0 atom stereocenters. The molecule has 0 radical (unpaired) electrons. The summed E-state index contributed by atoms with van der Waals surface area (Å²) in [6.45, 7) is -1.55. The number of carbonyl (C=O) groups is 1. The fourth-order valence-corrected chi connectivity index (χ4v) is 4.09. The number of para-hydroxylation sites is 1. The monoisotopic (exact) mass is 489 g/mol. The maximum atomic E-state index is 12.8. The van der Waals surface area contributed by atoms with E-state index in [9.17, 15) is 31.6 Å². The standard InChI is InChI=1S/C23H18F3N3O4S/c1-29(19-5-3-2-4-6-19)34(31,32)20-10-7-16(8-11-20)22(30)28-18-9-12-21(17(13-18)14-27)33-15-23(24,25)26/h2-13H,15H2,1H3,(H,28,30). The first-order valence-electron chi connectivity index (χ1n) is 9.70. The molecule has 0 fully saturated rings. The lowest BCUT2D eigenvalue weighted by Gasteiger charge is -2.19. The summed E-state index contributed by atoms with van der Waals surface area (Å²) < 4.78 is 68.4. The van der Waals surface area contributed by atoms with Crippen LogP contribution in [0, 0.1) is 11.3 Å². The number of nitrogens with one attached hydrogen (secondary N) is 1. The van der Waals surface area contributed by atoms with Crippen molar-refractivity contribution in [3.8, 4) is 11.8 Å². The van der Waals surface area contributed by atoms with Crippen LogP contribution in [0.2, 0.25) is 0 Å². The molecular weight excluding hydrogens is 471 g/mol. The molecule has 0 spiro atoms. The minimum Gasteiger partial charge on any atom is -0.483 e. The molecule has 0 aromatic heterocycles. The number of alkyl halides is 3. The first-order chi connectivity index (χ1) is 16.0. The summed E-state index contributed by atoms with van der Waals surface area (Å²) in [4.78, 5) is 12.5. The van der Waals surface area contributed by atoms with Crippen molar-refractivity contribution in [1.82, 2.24) is 0 Å². The van der Waals surface area contributed by atoms with Gasteiger partial charge in [-0.1, -0.05) is 18.2 Å². The summed E-state index contributed by atoms with van der Waals surface area (Å²) in [5.74, 6) is -0.872. The van der Waals surface area contributed by atoms with E-state index in [2.05, 4.69) is 10.1 Å². The number of nitrogens with zero attached hydrogens (tertiary/aromatic N) is 2. The molecule has 0 aliphatic heterocycles. The topological polar surface area (TPSA) is 99.5 Å². The summed E-state index contributed by atoms with van der Waals surface area (Å²) in [6.07, 6.45) is -4.56. The lowest BCUT2D eigenvalue weighted by Crippen LogP contribution is -2.26. The SMILES string of the molecule is CN(c1ccccc1)S(=O)(=O)c1ccc(C(=O)Nc2ccc(OCC(F)(F)F)c(C#N)c2)cc1. The van der Waals surface area contributed by atoms with Crippen LogP contribution in [0.15, 0.2) is 77.7 Å². The zero-order valence-corrected chi connectivity index (χ0v) is 18.5. The second kappa shape index (κ2) is 9.84. The molecule has 0 saturated carbocycles. The van der Waals surface area contributed by atoms with E-state index in [4.69, 9.17) is 0 Å². The Balaban J connectivity index is 1.73. The highest BCUT2D eigenvalue weighted by Gasteiger charge is 2.29. The molecule has 0 bridgehead atoms. The van der Waals surface area contributed by atoms with E-state index in [1.165, 1.54) is 43.4 Å². The van der Waals surface area contributed by atoms with Gasteiger partial charge in [0.25, 0.3) is 15.9 Å². The second-order valence-electron chi connectivity index (χ2n) is 7.01. The number of hydrogen-bond acceptors (Lipinski definition) is 5. The van der Waals surface area contributed by atoms with Crippen molar-refractivity contribution in [3.63, 3.8) is 0 Å². The van der Waals surface area contributed by atoms with Crippen LogP contribution in [0.3, 0.4) is 0 Å². The van der Waals surface area contributed by atoms with E-state index in [1.54, 1.807) is 36.4 Å². The fraction of sp³-hybridized carbons (Fsp3) is 0.130. The number of rotatable bonds is 7. The number of amides is 1. The number of hydrogen-bond donors (Lipinski definition) is 1. The van der Waals surface area contributed by atoms with E-state index in [0.717, 1.165) is 10.4 Å². The van der Waals surface area contributed by atoms with Crippen molar-refractivity contribution in [2.24, 2.45) is 0 Å². The third kappa shape index (κ3) is 5.85. The Morgan fingerprint density at radius 3 is 2.29 bits per heavy atom. The Labute approximate surface area is 194 Å². The van der Waals surface area contributed by atoms with Crippen molar-refractivity contribution >= 4 is 27.3 Å². The largest absolute Gasteiger partial charge is 0.483 e. The van der Waals surface area contributed by atoms with E-state index >= 15 is 0 Å². The van der Waals surface area contributed by atoms with Crippen molar-refractivity contribution < 1.29 is 31.1 Å². The normalized spacial score (nSPS) is 11.4. The molecule has 176 valence electrons. The molecule has 3 aromatic carbocycles. The van der Waals surface area contributed by atoms with Crippen molar-refractivity contribution in [1.29, 1.82) is 5.26 Å². The van der Waals surface area contributed by atoms with Gasteiger partial charge in [0.1, 0.15) is 11.8 Å². The van der Waals surface area contributed by atoms with Gasteiger partial charge >= 0.3 is 6.18 Å².